The molecule has 1 amide bonds. The van der Waals surface area contributed by atoms with Crippen molar-refractivity contribution in [2.24, 2.45) is 0 Å². The highest BCUT2D eigenvalue weighted by Crippen LogP contribution is 2.36. The van der Waals surface area contributed by atoms with Crippen LogP contribution >= 0.6 is 0 Å². The number of halogens is 3. The number of nitrogens with zero attached hydrogens (tertiary/aromatic N) is 4. The number of hydrogen-bond donors (Lipinski definition) is 1. The number of rotatable bonds is 6. The predicted octanol–water partition coefficient (Wildman–Crippen LogP) is 4.08. The van der Waals surface area contributed by atoms with Gasteiger partial charge in [-0.05, 0) is 43.3 Å². The molecule has 0 saturated heterocycles. The lowest BCUT2D eigenvalue weighted by Crippen LogP contribution is -2.34. The molecule has 0 fully saturated rings. The average Bonchev–Trinajstić information content (AvgIpc) is 3.25. The first-order chi connectivity index (χ1) is 16.2. The molecule has 0 radical (unpaired) electrons. The van der Waals surface area contributed by atoms with Crippen molar-refractivity contribution in [3.8, 4) is 34.0 Å². The van der Waals surface area contributed by atoms with Gasteiger partial charge in [-0.1, -0.05) is 0 Å². The Kier molecular flexibility index (Phi) is 6.10. The van der Waals surface area contributed by atoms with Gasteiger partial charge in [0.2, 0.25) is 0 Å². The number of amides is 1. The maximum Gasteiger partial charge on any atom is 0.405 e. The zero-order valence-electron chi connectivity index (χ0n) is 18.5. The molecule has 0 spiro atoms. The molecule has 1 aromatic carbocycles. The molecule has 34 heavy (non-hydrogen) atoms. The van der Waals surface area contributed by atoms with E-state index in [9.17, 15) is 18.0 Å². The van der Waals surface area contributed by atoms with E-state index < -0.39 is 18.6 Å². The van der Waals surface area contributed by atoms with E-state index in [-0.39, 0.29) is 17.1 Å². The highest BCUT2D eigenvalue weighted by Gasteiger charge is 2.30. The molecule has 0 bridgehead atoms. The van der Waals surface area contributed by atoms with Gasteiger partial charge in [-0.3, -0.25) is 9.20 Å². The Morgan fingerprint density at radius 1 is 1.03 bits per heavy atom. The molecule has 0 aliphatic rings. The number of benzene rings is 1. The zero-order valence-corrected chi connectivity index (χ0v) is 18.5. The van der Waals surface area contributed by atoms with Gasteiger partial charge in [0, 0.05) is 17.3 Å². The highest BCUT2D eigenvalue weighted by molar-refractivity contribution is 6.00. The standard InChI is InChI=1S/C23H20F3N5O3/c1-13-4-5-16(30-29-13)14-6-7-31-17(11-27-20(31)10-14)15-8-18(33-2)21(19(9-15)34-3)22(32)28-12-23(24,25)26/h4-11H,12H2,1-3H3,(H,28,32). The minimum atomic E-state index is -4.55. The summed E-state index contributed by atoms with van der Waals surface area (Å²) in [5, 5.41) is 10.1. The number of nitrogens with one attached hydrogen (secondary N) is 1. The summed E-state index contributed by atoms with van der Waals surface area (Å²) in [6.45, 7) is 0.384. The van der Waals surface area contributed by atoms with Crippen LogP contribution in [0, 0.1) is 6.92 Å². The topological polar surface area (TPSA) is 90.6 Å². The SMILES string of the molecule is COc1cc(-c2cnc3cc(-c4ccc(C)nn4)ccn23)cc(OC)c1C(=O)NCC(F)(F)F. The molecule has 11 heteroatoms. The Bertz CT molecular complexity index is 1330. The van der Waals surface area contributed by atoms with Crippen molar-refractivity contribution >= 4 is 11.6 Å². The van der Waals surface area contributed by atoms with Crippen LogP contribution in [0.2, 0.25) is 0 Å². The maximum atomic E-state index is 12.6. The molecule has 0 aliphatic carbocycles. The number of aromatic nitrogens is 4. The lowest BCUT2D eigenvalue weighted by molar-refractivity contribution is -0.123. The van der Waals surface area contributed by atoms with E-state index in [4.69, 9.17) is 9.47 Å². The van der Waals surface area contributed by atoms with Crippen molar-refractivity contribution in [2.75, 3.05) is 20.8 Å². The summed E-state index contributed by atoms with van der Waals surface area (Å²) >= 11 is 0. The van der Waals surface area contributed by atoms with Crippen LogP contribution in [0.1, 0.15) is 16.1 Å². The predicted molar refractivity (Wildman–Crippen MR) is 118 cm³/mol. The van der Waals surface area contributed by atoms with Crippen LogP contribution in [0.15, 0.2) is 48.8 Å². The van der Waals surface area contributed by atoms with Crippen molar-refractivity contribution in [3.63, 3.8) is 0 Å². The first kappa shape index (κ1) is 23.0. The van der Waals surface area contributed by atoms with Gasteiger partial charge in [0.1, 0.15) is 29.3 Å². The number of ether oxygens (including phenoxy) is 2. The maximum absolute atomic E-state index is 12.6. The zero-order chi connectivity index (χ0) is 24.5. The second kappa shape index (κ2) is 9.00. The molecule has 0 atom stereocenters. The lowest BCUT2D eigenvalue weighted by atomic mass is 10.1. The lowest BCUT2D eigenvalue weighted by Gasteiger charge is -2.16. The molecule has 1 N–H and O–H groups in total. The fraction of sp³-hybridized carbons (Fsp3) is 0.217. The first-order valence-electron chi connectivity index (χ1n) is 10.1. The number of methoxy groups -OCH3 is 2. The minimum Gasteiger partial charge on any atom is -0.496 e. The van der Waals surface area contributed by atoms with Crippen LogP contribution in [-0.4, -0.2) is 52.4 Å². The van der Waals surface area contributed by atoms with E-state index in [1.807, 2.05) is 47.1 Å². The minimum absolute atomic E-state index is 0.0653. The Balaban J connectivity index is 1.73. The molecule has 4 rings (SSSR count). The van der Waals surface area contributed by atoms with Crippen molar-refractivity contribution in [2.45, 2.75) is 13.1 Å². The van der Waals surface area contributed by atoms with Crippen LogP contribution < -0.4 is 14.8 Å². The molecule has 4 aromatic rings. The molecule has 0 unspecified atom stereocenters. The normalized spacial score (nSPS) is 11.5. The van der Waals surface area contributed by atoms with Gasteiger partial charge in [-0.25, -0.2) is 4.98 Å². The molecule has 3 heterocycles. The molecular formula is C23H20F3N5O3. The average molecular weight is 471 g/mol. The number of carbonyl (C=O) groups is 1. The molecular weight excluding hydrogens is 451 g/mol. The summed E-state index contributed by atoms with van der Waals surface area (Å²) < 4.78 is 50.1. The summed E-state index contributed by atoms with van der Waals surface area (Å²) in [5.74, 6) is -0.828. The first-order valence-corrected chi connectivity index (χ1v) is 10.1. The molecule has 3 aromatic heterocycles. The van der Waals surface area contributed by atoms with E-state index in [1.165, 1.54) is 14.2 Å². The van der Waals surface area contributed by atoms with Crippen LogP contribution in [0.5, 0.6) is 11.5 Å². The van der Waals surface area contributed by atoms with E-state index in [1.54, 1.807) is 18.3 Å². The van der Waals surface area contributed by atoms with Crippen molar-refractivity contribution in [1.82, 2.24) is 24.9 Å². The third-order valence-corrected chi connectivity index (χ3v) is 5.08. The van der Waals surface area contributed by atoms with Crippen molar-refractivity contribution in [1.29, 1.82) is 0 Å². The number of imidazole rings is 1. The third-order valence-electron chi connectivity index (χ3n) is 5.08. The van der Waals surface area contributed by atoms with Crippen LogP contribution in [0.25, 0.3) is 28.2 Å². The van der Waals surface area contributed by atoms with E-state index in [0.29, 0.717) is 22.6 Å². The van der Waals surface area contributed by atoms with Gasteiger partial charge in [-0.2, -0.15) is 23.4 Å². The number of aryl methyl sites for hydroxylation is 1. The Morgan fingerprint density at radius 2 is 1.74 bits per heavy atom. The van der Waals surface area contributed by atoms with E-state index in [2.05, 4.69) is 15.2 Å². The number of carbonyl (C=O) groups excluding carboxylic acids is 1. The number of hydrogen-bond acceptors (Lipinski definition) is 6. The second-order valence-corrected chi connectivity index (χ2v) is 7.40. The van der Waals surface area contributed by atoms with Gasteiger partial charge < -0.3 is 14.8 Å². The van der Waals surface area contributed by atoms with Gasteiger partial charge in [0.05, 0.1) is 37.5 Å². The van der Waals surface area contributed by atoms with Crippen LogP contribution in [0.3, 0.4) is 0 Å². The summed E-state index contributed by atoms with van der Waals surface area (Å²) in [5.41, 5.74) is 4.12. The highest BCUT2D eigenvalue weighted by atomic mass is 19.4. The largest absolute Gasteiger partial charge is 0.496 e. The fourth-order valence-corrected chi connectivity index (χ4v) is 3.46. The summed E-state index contributed by atoms with van der Waals surface area (Å²) in [6, 6.07) is 10.6. The van der Waals surface area contributed by atoms with Gasteiger partial charge in [0.15, 0.2) is 0 Å². The number of pyridine rings is 1. The monoisotopic (exact) mass is 471 g/mol. The Labute approximate surface area is 192 Å². The second-order valence-electron chi connectivity index (χ2n) is 7.40. The smallest absolute Gasteiger partial charge is 0.405 e. The molecule has 0 aliphatic heterocycles. The Morgan fingerprint density at radius 3 is 2.32 bits per heavy atom. The van der Waals surface area contributed by atoms with Gasteiger partial charge in [0.25, 0.3) is 5.91 Å². The van der Waals surface area contributed by atoms with Crippen LogP contribution in [-0.2, 0) is 0 Å². The number of fused-ring (bicyclic) bond motifs is 1. The molecule has 0 saturated carbocycles. The van der Waals surface area contributed by atoms with E-state index in [0.717, 1.165) is 11.3 Å². The van der Waals surface area contributed by atoms with E-state index >= 15 is 0 Å². The summed E-state index contributed by atoms with van der Waals surface area (Å²) in [4.78, 5) is 16.9. The summed E-state index contributed by atoms with van der Waals surface area (Å²) in [6.07, 6.45) is -1.09. The van der Waals surface area contributed by atoms with Gasteiger partial charge >= 0.3 is 6.18 Å². The third kappa shape index (κ3) is 4.63. The summed E-state index contributed by atoms with van der Waals surface area (Å²) in [7, 11) is 2.64. The van der Waals surface area contributed by atoms with Gasteiger partial charge in [-0.15, -0.1) is 0 Å². The number of alkyl halides is 3. The van der Waals surface area contributed by atoms with Crippen molar-refractivity contribution in [3.05, 3.63) is 60.0 Å². The quantitative estimate of drug-likeness (QED) is 0.456. The van der Waals surface area contributed by atoms with Crippen LogP contribution in [0.4, 0.5) is 13.2 Å². The fourth-order valence-electron chi connectivity index (χ4n) is 3.46. The van der Waals surface area contributed by atoms with Crippen molar-refractivity contribution < 1.29 is 27.4 Å². The Hall–Kier alpha value is -4.15. The molecule has 8 nitrogen and oxygen atoms in total. The molecule has 176 valence electrons.